The Labute approximate surface area is 138 Å². The SMILES string of the molecule is Cl.Fc1cccc(Br)c1[C@H](c1ccco1)N1CCNCC1. The lowest BCUT2D eigenvalue weighted by Gasteiger charge is -2.34. The van der Waals surface area contributed by atoms with Gasteiger partial charge in [-0.15, -0.1) is 12.4 Å². The second kappa shape index (κ2) is 7.40. The molecule has 0 radical (unpaired) electrons. The summed E-state index contributed by atoms with van der Waals surface area (Å²) >= 11 is 3.48. The molecule has 2 aromatic rings. The highest BCUT2D eigenvalue weighted by Gasteiger charge is 2.29. The van der Waals surface area contributed by atoms with Crippen LogP contribution in [0.25, 0.3) is 0 Å². The van der Waals surface area contributed by atoms with E-state index in [-0.39, 0.29) is 24.3 Å². The van der Waals surface area contributed by atoms with Crippen molar-refractivity contribution in [3.63, 3.8) is 0 Å². The van der Waals surface area contributed by atoms with E-state index >= 15 is 0 Å². The van der Waals surface area contributed by atoms with Crippen molar-refractivity contribution in [2.45, 2.75) is 6.04 Å². The van der Waals surface area contributed by atoms with Gasteiger partial charge in [-0.25, -0.2) is 4.39 Å². The molecule has 6 heteroatoms. The molecule has 0 saturated carbocycles. The maximum atomic E-state index is 14.3. The van der Waals surface area contributed by atoms with E-state index in [2.05, 4.69) is 26.1 Å². The highest BCUT2D eigenvalue weighted by atomic mass is 79.9. The first-order valence-electron chi connectivity index (χ1n) is 6.69. The molecule has 1 aliphatic rings. The van der Waals surface area contributed by atoms with Crippen LogP contribution in [0.5, 0.6) is 0 Å². The van der Waals surface area contributed by atoms with E-state index in [1.165, 1.54) is 6.07 Å². The Kier molecular flexibility index (Phi) is 5.81. The van der Waals surface area contributed by atoms with Crippen molar-refractivity contribution < 1.29 is 8.81 Å². The third-order valence-corrected chi connectivity index (χ3v) is 4.29. The van der Waals surface area contributed by atoms with Gasteiger partial charge < -0.3 is 9.73 Å². The summed E-state index contributed by atoms with van der Waals surface area (Å²) in [4.78, 5) is 2.25. The fourth-order valence-corrected chi connectivity index (χ4v) is 3.22. The predicted octanol–water partition coefficient (Wildman–Crippen LogP) is 3.60. The summed E-state index contributed by atoms with van der Waals surface area (Å²) in [5.74, 6) is 0.567. The van der Waals surface area contributed by atoms with E-state index in [4.69, 9.17) is 4.42 Å². The molecule has 1 atom stereocenters. The zero-order valence-corrected chi connectivity index (χ0v) is 13.8. The molecule has 0 unspecified atom stereocenters. The zero-order valence-electron chi connectivity index (χ0n) is 11.4. The minimum atomic E-state index is -0.209. The number of benzene rings is 1. The fourth-order valence-electron chi connectivity index (χ4n) is 2.66. The molecular formula is C15H17BrClFN2O. The molecule has 114 valence electrons. The Bertz CT molecular complexity index is 553. The van der Waals surface area contributed by atoms with Crippen LogP contribution in [0, 0.1) is 5.82 Å². The van der Waals surface area contributed by atoms with E-state index in [9.17, 15) is 4.39 Å². The quantitative estimate of drug-likeness (QED) is 0.888. The van der Waals surface area contributed by atoms with Crippen LogP contribution >= 0.6 is 28.3 Å². The molecule has 0 bridgehead atoms. The molecule has 1 fully saturated rings. The topological polar surface area (TPSA) is 28.4 Å². The summed E-state index contributed by atoms with van der Waals surface area (Å²) in [6.45, 7) is 3.55. The molecule has 0 aliphatic carbocycles. The number of furan rings is 1. The summed E-state index contributed by atoms with van der Waals surface area (Å²) < 4.78 is 20.7. The average Bonchev–Trinajstić information content (AvgIpc) is 2.98. The van der Waals surface area contributed by atoms with Crippen molar-refractivity contribution in [3.8, 4) is 0 Å². The minimum Gasteiger partial charge on any atom is -0.467 e. The highest BCUT2D eigenvalue weighted by Crippen LogP contribution is 2.35. The Hall–Kier alpha value is -0.880. The number of nitrogens with zero attached hydrogens (tertiary/aromatic N) is 1. The van der Waals surface area contributed by atoms with Crippen LogP contribution in [0.4, 0.5) is 4.39 Å². The molecule has 21 heavy (non-hydrogen) atoms. The second-order valence-electron chi connectivity index (χ2n) is 4.84. The summed E-state index contributed by atoms with van der Waals surface area (Å²) in [5.41, 5.74) is 0.643. The van der Waals surface area contributed by atoms with Crippen molar-refractivity contribution >= 4 is 28.3 Å². The molecule has 3 rings (SSSR count). The van der Waals surface area contributed by atoms with Crippen LogP contribution in [0.3, 0.4) is 0 Å². The number of hydrogen-bond donors (Lipinski definition) is 1. The molecule has 1 aromatic heterocycles. The standard InChI is InChI=1S/C15H16BrFN2O.ClH/c16-11-3-1-4-12(17)14(11)15(13-5-2-10-20-13)19-8-6-18-7-9-19;/h1-5,10,15,18H,6-9H2;1H/t15-;/m0./s1. The van der Waals surface area contributed by atoms with E-state index < -0.39 is 0 Å². The first-order chi connectivity index (χ1) is 9.77. The van der Waals surface area contributed by atoms with Crippen LogP contribution in [0.1, 0.15) is 17.4 Å². The van der Waals surface area contributed by atoms with Crippen LogP contribution < -0.4 is 5.32 Å². The van der Waals surface area contributed by atoms with Gasteiger partial charge in [0.2, 0.25) is 0 Å². The van der Waals surface area contributed by atoms with Gasteiger partial charge in [0, 0.05) is 36.2 Å². The minimum absolute atomic E-state index is 0. The summed E-state index contributed by atoms with van der Waals surface area (Å²) in [7, 11) is 0. The first kappa shape index (κ1) is 16.5. The molecule has 3 nitrogen and oxygen atoms in total. The molecule has 1 aromatic carbocycles. The Morgan fingerprint density at radius 1 is 1.19 bits per heavy atom. The van der Waals surface area contributed by atoms with E-state index in [1.54, 1.807) is 12.3 Å². The van der Waals surface area contributed by atoms with Gasteiger partial charge >= 0.3 is 0 Å². The van der Waals surface area contributed by atoms with Gasteiger partial charge in [-0.1, -0.05) is 22.0 Å². The molecule has 0 amide bonds. The summed E-state index contributed by atoms with van der Waals surface area (Å²) in [6.07, 6.45) is 1.64. The smallest absolute Gasteiger partial charge is 0.129 e. The Balaban J connectivity index is 0.00000161. The van der Waals surface area contributed by atoms with Gasteiger partial charge in [0.25, 0.3) is 0 Å². The summed E-state index contributed by atoms with van der Waals surface area (Å²) in [5, 5.41) is 3.32. The van der Waals surface area contributed by atoms with Gasteiger partial charge in [0.05, 0.1) is 12.3 Å². The van der Waals surface area contributed by atoms with Crippen LogP contribution in [-0.4, -0.2) is 31.1 Å². The molecule has 0 spiro atoms. The first-order valence-corrected chi connectivity index (χ1v) is 7.49. The highest BCUT2D eigenvalue weighted by molar-refractivity contribution is 9.10. The molecule has 1 N–H and O–H groups in total. The van der Waals surface area contributed by atoms with Gasteiger partial charge in [-0.05, 0) is 24.3 Å². The van der Waals surface area contributed by atoms with Gasteiger partial charge in [-0.3, -0.25) is 4.90 Å². The van der Waals surface area contributed by atoms with Crippen LogP contribution in [-0.2, 0) is 0 Å². The molecule has 1 saturated heterocycles. The van der Waals surface area contributed by atoms with Crippen molar-refractivity contribution in [1.29, 1.82) is 0 Å². The second-order valence-corrected chi connectivity index (χ2v) is 5.69. The average molecular weight is 376 g/mol. The van der Waals surface area contributed by atoms with Gasteiger partial charge in [-0.2, -0.15) is 0 Å². The third-order valence-electron chi connectivity index (χ3n) is 3.60. The lowest BCUT2D eigenvalue weighted by Crippen LogP contribution is -2.45. The van der Waals surface area contributed by atoms with Crippen molar-refractivity contribution in [2.75, 3.05) is 26.2 Å². The molecule has 1 aliphatic heterocycles. The van der Waals surface area contributed by atoms with E-state index in [1.807, 2.05) is 18.2 Å². The summed E-state index contributed by atoms with van der Waals surface area (Å²) in [6, 6.07) is 8.64. The molecule has 2 heterocycles. The molecular weight excluding hydrogens is 359 g/mol. The predicted molar refractivity (Wildman–Crippen MR) is 86.3 cm³/mol. The Morgan fingerprint density at radius 3 is 2.57 bits per heavy atom. The maximum Gasteiger partial charge on any atom is 0.129 e. The fraction of sp³-hybridized carbons (Fsp3) is 0.333. The van der Waals surface area contributed by atoms with E-state index in [0.717, 1.165) is 36.4 Å². The number of nitrogens with one attached hydrogen (secondary N) is 1. The number of piperazine rings is 1. The van der Waals surface area contributed by atoms with Gasteiger partial charge in [0.1, 0.15) is 11.6 Å². The largest absolute Gasteiger partial charge is 0.467 e. The van der Waals surface area contributed by atoms with Crippen molar-refractivity contribution in [1.82, 2.24) is 10.2 Å². The monoisotopic (exact) mass is 374 g/mol. The normalized spacial score (nSPS) is 17.2. The van der Waals surface area contributed by atoms with Crippen LogP contribution in [0.2, 0.25) is 0 Å². The van der Waals surface area contributed by atoms with Crippen molar-refractivity contribution in [3.05, 3.63) is 58.2 Å². The lowest BCUT2D eigenvalue weighted by atomic mass is 10.0. The number of hydrogen-bond acceptors (Lipinski definition) is 3. The third kappa shape index (κ3) is 3.48. The number of rotatable bonds is 3. The lowest BCUT2D eigenvalue weighted by molar-refractivity contribution is 0.176. The number of halogens is 3. The zero-order chi connectivity index (χ0) is 13.9. The van der Waals surface area contributed by atoms with E-state index in [0.29, 0.717) is 5.56 Å². The van der Waals surface area contributed by atoms with Crippen molar-refractivity contribution in [2.24, 2.45) is 0 Å². The van der Waals surface area contributed by atoms with Crippen LogP contribution in [0.15, 0.2) is 45.5 Å². The maximum absolute atomic E-state index is 14.3. The Morgan fingerprint density at radius 2 is 1.95 bits per heavy atom. The van der Waals surface area contributed by atoms with Gasteiger partial charge in [0.15, 0.2) is 0 Å².